The van der Waals surface area contributed by atoms with Gasteiger partial charge in [-0.25, -0.2) is 0 Å². The van der Waals surface area contributed by atoms with Gasteiger partial charge in [-0.2, -0.15) is 0 Å². The molecule has 17 heavy (non-hydrogen) atoms. The van der Waals surface area contributed by atoms with Crippen LogP contribution in [0.5, 0.6) is 5.75 Å². The minimum atomic E-state index is 0.186. The molecule has 1 aliphatic rings. The van der Waals surface area contributed by atoms with Gasteiger partial charge in [-0.1, -0.05) is 39.0 Å². The molecule has 0 amide bonds. The van der Waals surface area contributed by atoms with Crippen molar-refractivity contribution in [3.8, 4) is 5.75 Å². The van der Waals surface area contributed by atoms with Crippen molar-refractivity contribution in [1.29, 1.82) is 0 Å². The zero-order valence-electron chi connectivity index (χ0n) is 11.1. The average Bonchev–Trinajstić information content (AvgIpc) is 2.66. The third-order valence-corrected chi connectivity index (χ3v) is 3.63. The van der Waals surface area contributed by atoms with Gasteiger partial charge in [-0.3, -0.25) is 0 Å². The second kappa shape index (κ2) is 4.69. The second-order valence-corrected chi connectivity index (χ2v) is 6.10. The van der Waals surface area contributed by atoms with Crippen LogP contribution in [0.2, 0.25) is 0 Å². The van der Waals surface area contributed by atoms with E-state index < -0.39 is 0 Å². The van der Waals surface area contributed by atoms with Gasteiger partial charge in [0.2, 0.25) is 0 Å². The first-order valence-corrected chi connectivity index (χ1v) is 6.47. The number of hydrogen-bond acceptors (Lipinski definition) is 2. The number of para-hydroxylation sites is 1. The fourth-order valence-electron chi connectivity index (χ4n) is 2.21. The number of ether oxygens (including phenoxy) is 1. The number of fused-ring (bicyclic) bond motifs is 1. The highest BCUT2D eigenvalue weighted by Gasteiger charge is 2.25. The van der Waals surface area contributed by atoms with Gasteiger partial charge in [-0.05, 0) is 29.9 Å². The Hall–Kier alpha value is -1.02. The Morgan fingerprint density at radius 3 is 2.71 bits per heavy atom. The minimum Gasteiger partial charge on any atom is -0.490 e. The summed E-state index contributed by atoms with van der Waals surface area (Å²) in [5.74, 6) is 1.06. The molecule has 94 valence electrons. The zero-order chi connectivity index (χ0) is 12.5. The van der Waals surface area contributed by atoms with Crippen LogP contribution < -0.4 is 10.5 Å². The molecule has 2 unspecified atom stereocenters. The van der Waals surface area contributed by atoms with E-state index in [4.69, 9.17) is 10.5 Å². The lowest BCUT2D eigenvalue weighted by atomic mass is 9.84. The van der Waals surface area contributed by atoms with E-state index in [1.54, 1.807) is 0 Å². The molecule has 2 N–H and O–H groups in total. The summed E-state index contributed by atoms with van der Waals surface area (Å²) in [5.41, 5.74) is 7.70. The van der Waals surface area contributed by atoms with Gasteiger partial charge >= 0.3 is 0 Å². The highest BCUT2D eigenvalue weighted by Crippen LogP contribution is 2.31. The summed E-state index contributed by atoms with van der Waals surface area (Å²) in [6, 6.07) is 8.56. The van der Waals surface area contributed by atoms with Gasteiger partial charge < -0.3 is 10.5 Å². The lowest BCUT2D eigenvalue weighted by Gasteiger charge is -2.27. The van der Waals surface area contributed by atoms with Crippen LogP contribution >= 0.6 is 0 Å². The van der Waals surface area contributed by atoms with E-state index in [2.05, 4.69) is 39.0 Å². The Balaban J connectivity index is 1.85. The van der Waals surface area contributed by atoms with Gasteiger partial charge in [0, 0.05) is 12.5 Å². The van der Waals surface area contributed by atoms with E-state index in [0.29, 0.717) is 6.10 Å². The lowest BCUT2D eigenvalue weighted by molar-refractivity contribution is 0.198. The summed E-state index contributed by atoms with van der Waals surface area (Å²) in [4.78, 5) is 0. The van der Waals surface area contributed by atoms with E-state index in [0.717, 1.165) is 25.0 Å². The molecule has 2 nitrogen and oxygen atoms in total. The quantitative estimate of drug-likeness (QED) is 0.870. The maximum absolute atomic E-state index is 6.18. The minimum absolute atomic E-state index is 0.186. The van der Waals surface area contributed by atoms with Crippen LogP contribution in [0.3, 0.4) is 0 Å². The number of hydrogen-bond donors (Lipinski definition) is 1. The fourth-order valence-corrected chi connectivity index (χ4v) is 2.21. The van der Waals surface area contributed by atoms with Crippen LogP contribution in [0.1, 0.15) is 39.2 Å². The third kappa shape index (κ3) is 3.01. The normalized spacial score (nSPS) is 20.8. The predicted octanol–water partition coefficient (Wildman–Crippen LogP) is 3.14. The van der Waals surface area contributed by atoms with Crippen molar-refractivity contribution in [2.24, 2.45) is 11.1 Å². The number of rotatable bonds is 3. The topological polar surface area (TPSA) is 35.2 Å². The molecule has 1 aliphatic heterocycles. The van der Waals surface area contributed by atoms with Crippen LogP contribution in [0, 0.1) is 5.41 Å². The molecule has 0 aromatic heterocycles. The highest BCUT2D eigenvalue weighted by atomic mass is 16.5. The van der Waals surface area contributed by atoms with Crippen LogP contribution in [0.4, 0.5) is 0 Å². The molecule has 0 saturated carbocycles. The van der Waals surface area contributed by atoms with Gasteiger partial charge in [-0.15, -0.1) is 0 Å². The Bertz CT molecular complexity index is 356. The van der Waals surface area contributed by atoms with Crippen molar-refractivity contribution >= 4 is 0 Å². The van der Waals surface area contributed by atoms with Crippen LogP contribution in [-0.4, -0.2) is 12.1 Å². The summed E-state index contributed by atoms with van der Waals surface area (Å²) in [6.07, 6.45) is 3.43. The van der Waals surface area contributed by atoms with Crippen molar-refractivity contribution in [3.05, 3.63) is 29.8 Å². The van der Waals surface area contributed by atoms with E-state index in [-0.39, 0.29) is 11.5 Å². The maximum Gasteiger partial charge on any atom is 0.123 e. The van der Waals surface area contributed by atoms with Crippen molar-refractivity contribution < 1.29 is 4.74 Å². The molecule has 1 aromatic rings. The number of benzene rings is 1. The summed E-state index contributed by atoms with van der Waals surface area (Å²) >= 11 is 0. The lowest BCUT2D eigenvalue weighted by Crippen LogP contribution is -2.36. The van der Waals surface area contributed by atoms with E-state index in [1.807, 2.05) is 6.07 Å². The standard InChI is InChI=1S/C15H23NO/c1-15(2,3)14(16)9-8-12-10-11-6-4-5-7-13(11)17-12/h4-7,12,14H,8-10,16H2,1-3H3. The van der Waals surface area contributed by atoms with E-state index in [1.165, 1.54) is 5.56 Å². The van der Waals surface area contributed by atoms with Crippen LogP contribution in [0.25, 0.3) is 0 Å². The predicted molar refractivity (Wildman–Crippen MR) is 71.2 cm³/mol. The monoisotopic (exact) mass is 233 g/mol. The Morgan fingerprint density at radius 2 is 2.06 bits per heavy atom. The van der Waals surface area contributed by atoms with Crippen molar-refractivity contribution in [2.45, 2.75) is 52.2 Å². The van der Waals surface area contributed by atoms with Crippen LogP contribution in [0.15, 0.2) is 24.3 Å². The number of nitrogens with two attached hydrogens (primary N) is 1. The van der Waals surface area contributed by atoms with E-state index in [9.17, 15) is 0 Å². The first kappa shape index (κ1) is 12.4. The van der Waals surface area contributed by atoms with Gasteiger partial charge in [0.1, 0.15) is 11.9 Å². The van der Waals surface area contributed by atoms with Gasteiger partial charge in [0.25, 0.3) is 0 Å². The molecule has 2 atom stereocenters. The molecule has 1 heterocycles. The molecular formula is C15H23NO. The summed E-state index contributed by atoms with van der Waals surface area (Å²) in [7, 11) is 0. The molecule has 2 rings (SSSR count). The first-order valence-electron chi connectivity index (χ1n) is 6.47. The SMILES string of the molecule is CC(C)(C)C(N)CCC1Cc2ccccc2O1. The van der Waals surface area contributed by atoms with Crippen molar-refractivity contribution in [1.82, 2.24) is 0 Å². The zero-order valence-corrected chi connectivity index (χ0v) is 11.1. The molecule has 1 aromatic carbocycles. The molecule has 2 heteroatoms. The Labute approximate surface area is 104 Å². The largest absolute Gasteiger partial charge is 0.490 e. The van der Waals surface area contributed by atoms with Gasteiger partial charge in [0.05, 0.1) is 0 Å². The molecule has 0 spiro atoms. The molecular weight excluding hydrogens is 210 g/mol. The second-order valence-electron chi connectivity index (χ2n) is 6.10. The third-order valence-electron chi connectivity index (χ3n) is 3.63. The molecule has 0 fully saturated rings. The average molecular weight is 233 g/mol. The molecule has 0 radical (unpaired) electrons. The highest BCUT2D eigenvalue weighted by molar-refractivity contribution is 5.37. The molecule has 0 saturated heterocycles. The summed E-state index contributed by atoms with van der Waals surface area (Å²) in [5, 5.41) is 0. The Kier molecular flexibility index (Phi) is 3.43. The van der Waals surface area contributed by atoms with Crippen molar-refractivity contribution in [3.63, 3.8) is 0 Å². The van der Waals surface area contributed by atoms with Crippen LogP contribution in [-0.2, 0) is 6.42 Å². The smallest absolute Gasteiger partial charge is 0.123 e. The fraction of sp³-hybridized carbons (Fsp3) is 0.600. The Morgan fingerprint density at radius 1 is 1.35 bits per heavy atom. The van der Waals surface area contributed by atoms with Crippen molar-refractivity contribution in [2.75, 3.05) is 0 Å². The first-order chi connectivity index (χ1) is 7.97. The molecule has 0 bridgehead atoms. The summed E-state index contributed by atoms with van der Waals surface area (Å²) in [6.45, 7) is 6.59. The molecule has 0 aliphatic carbocycles. The summed E-state index contributed by atoms with van der Waals surface area (Å²) < 4.78 is 5.91. The van der Waals surface area contributed by atoms with Gasteiger partial charge in [0.15, 0.2) is 0 Å². The maximum atomic E-state index is 6.18. The van der Waals surface area contributed by atoms with E-state index >= 15 is 0 Å².